The topological polar surface area (TPSA) is 68.9 Å². The lowest BCUT2D eigenvalue weighted by Crippen LogP contribution is -2.31. The largest absolute Gasteiger partial charge is 0.350 e. The molecule has 1 saturated carbocycles. The van der Waals surface area contributed by atoms with Gasteiger partial charge in [0.25, 0.3) is 11.5 Å². The number of hydrogen-bond acceptors (Lipinski definition) is 3. The van der Waals surface area contributed by atoms with Crippen molar-refractivity contribution in [2.75, 3.05) is 6.54 Å². The van der Waals surface area contributed by atoms with Crippen LogP contribution in [0, 0.1) is 0 Å². The minimum absolute atomic E-state index is 0.0535. The monoisotopic (exact) mass is 376 g/mol. The number of hydrogen-bond donors (Lipinski definition) is 1. The van der Waals surface area contributed by atoms with E-state index in [1.54, 1.807) is 29.1 Å². The Bertz CT molecular complexity index is 984. The summed E-state index contributed by atoms with van der Waals surface area (Å²) < 4.78 is 3.53. The molecule has 0 radical (unpaired) electrons. The van der Waals surface area contributed by atoms with Crippen molar-refractivity contribution in [3.05, 3.63) is 82.8 Å². The van der Waals surface area contributed by atoms with E-state index < -0.39 is 0 Å². The summed E-state index contributed by atoms with van der Waals surface area (Å²) in [5.41, 5.74) is 2.45. The van der Waals surface area contributed by atoms with Gasteiger partial charge in [0.15, 0.2) is 0 Å². The first-order chi connectivity index (χ1) is 13.7. The summed E-state index contributed by atoms with van der Waals surface area (Å²) in [5.74, 6) is 0.277. The molecule has 0 saturated heterocycles. The highest BCUT2D eigenvalue weighted by Crippen LogP contribution is 2.32. The molecule has 1 aliphatic rings. The first-order valence-electron chi connectivity index (χ1n) is 9.79. The molecular formula is C22H24N4O2. The number of benzene rings is 1. The lowest BCUT2D eigenvalue weighted by Gasteiger charge is -2.11. The number of aromatic nitrogens is 3. The van der Waals surface area contributed by atoms with Gasteiger partial charge in [0.2, 0.25) is 0 Å². The molecular weight excluding hydrogens is 352 g/mol. The van der Waals surface area contributed by atoms with Crippen LogP contribution in [-0.4, -0.2) is 26.6 Å². The molecule has 4 rings (SSSR count). The van der Waals surface area contributed by atoms with Crippen LogP contribution in [-0.2, 0) is 6.54 Å². The fraction of sp³-hybridized carbons (Fsp3) is 0.318. The maximum absolute atomic E-state index is 12.3. The minimum Gasteiger partial charge on any atom is -0.350 e. The van der Waals surface area contributed by atoms with Crippen LogP contribution >= 0.6 is 0 Å². The molecule has 3 aromatic rings. The summed E-state index contributed by atoms with van der Waals surface area (Å²) >= 11 is 0. The van der Waals surface area contributed by atoms with Crippen LogP contribution in [0.5, 0.6) is 0 Å². The molecule has 28 heavy (non-hydrogen) atoms. The molecule has 2 heterocycles. The highest BCUT2D eigenvalue weighted by molar-refractivity contribution is 5.94. The molecule has 1 fully saturated rings. The zero-order valence-corrected chi connectivity index (χ0v) is 15.8. The van der Waals surface area contributed by atoms with Crippen LogP contribution in [0.2, 0.25) is 0 Å². The van der Waals surface area contributed by atoms with E-state index in [1.807, 2.05) is 41.2 Å². The van der Waals surface area contributed by atoms with E-state index >= 15 is 0 Å². The third-order valence-corrected chi connectivity index (χ3v) is 5.34. The number of carbonyl (C=O) groups excluding carboxylic acids is 1. The summed E-state index contributed by atoms with van der Waals surface area (Å²) in [6.07, 6.45) is 10.2. The number of nitrogens with one attached hydrogen (secondary N) is 1. The Balaban J connectivity index is 1.32. The number of carbonyl (C=O) groups is 1. The number of nitrogens with zero attached hydrogens (tertiary/aromatic N) is 3. The van der Waals surface area contributed by atoms with Crippen molar-refractivity contribution >= 4 is 5.91 Å². The second-order valence-electron chi connectivity index (χ2n) is 7.22. The van der Waals surface area contributed by atoms with E-state index in [0.29, 0.717) is 24.6 Å². The van der Waals surface area contributed by atoms with Crippen molar-refractivity contribution in [1.82, 2.24) is 19.4 Å². The van der Waals surface area contributed by atoms with Crippen LogP contribution in [0.1, 0.15) is 47.7 Å². The lowest BCUT2D eigenvalue weighted by atomic mass is 10.0. The molecule has 0 bridgehead atoms. The Hall–Kier alpha value is -3.15. The lowest BCUT2D eigenvalue weighted by molar-refractivity contribution is 0.0952. The van der Waals surface area contributed by atoms with Crippen molar-refractivity contribution in [3.8, 4) is 5.69 Å². The van der Waals surface area contributed by atoms with E-state index in [4.69, 9.17) is 0 Å². The second kappa shape index (κ2) is 8.25. The van der Waals surface area contributed by atoms with Gasteiger partial charge in [-0.1, -0.05) is 12.8 Å². The van der Waals surface area contributed by atoms with Gasteiger partial charge in [0.05, 0.1) is 12.0 Å². The molecule has 144 valence electrons. The van der Waals surface area contributed by atoms with Gasteiger partial charge in [-0.05, 0) is 49.2 Å². The predicted molar refractivity (Wildman–Crippen MR) is 108 cm³/mol. The summed E-state index contributed by atoms with van der Waals surface area (Å²) in [4.78, 5) is 29.1. The first-order valence-corrected chi connectivity index (χ1v) is 9.79. The normalized spacial score (nSPS) is 14.3. The van der Waals surface area contributed by atoms with Crippen LogP contribution in [0.3, 0.4) is 0 Å². The molecule has 6 heteroatoms. The van der Waals surface area contributed by atoms with Crippen LogP contribution in [0.4, 0.5) is 0 Å². The Morgan fingerprint density at radius 1 is 1.11 bits per heavy atom. The van der Waals surface area contributed by atoms with Gasteiger partial charge < -0.3 is 9.88 Å². The number of rotatable bonds is 6. The van der Waals surface area contributed by atoms with Crippen LogP contribution in [0.25, 0.3) is 5.69 Å². The Morgan fingerprint density at radius 3 is 2.50 bits per heavy atom. The standard InChI is InChI=1S/C22H24N4O2/c27-21-15-20(17-5-1-2-6-17)24-16-26(21)14-11-23-22(28)18-7-9-19(10-8-18)25-12-3-4-13-25/h3-4,7-10,12-13,15-17H,1-2,5-6,11,14H2,(H,23,28). The van der Waals surface area contributed by atoms with E-state index in [1.165, 1.54) is 12.8 Å². The average Bonchev–Trinajstić information content (AvgIpc) is 3.43. The van der Waals surface area contributed by atoms with E-state index in [0.717, 1.165) is 24.2 Å². The Morgan fingerprint density at radius 2 is 1.82 bits per heavy atom. The van der Waals surface area contributed by atoms with Crippen LogP contribution in [0.15, 0.2) is 66.0 Å². The highest BCUT2D eigenvalue weighted by atomic mass is 16.1. The molecule has 1 N–H and O–H groups in total. The van der Waals surface area contributed by atoms with Crippen molar-refractivity contribution in [3.63, 3.8) is 0 Å². The van der Waals surface area contributed by atoms with Gasteiger partial charge in [0, 0.05) is 48.7 Å². The first kappa shape index (κ1) is 18.2. The van der Waals surface area contributed by atoms with Gasteiger partial charge in [-0.2, -0.15) is 0 Å². The number of amides is 1. The highest BCUT2D eigenvalue weighted by Gasteiger charge is 2.18. The third kappa shape index (κ3) is 4.06. The van der Waals surface area contributed by atoms with Gasteiger partial charge in [0.1, 0.15) is 0 Å². The summed E-state index contributed by atoms with van der Waals surface area (Å²) in [6, 6.07) is 13.0. The predicted octanol–water partition coefficient (Wildman–Crippen LogP) is 3.12. The summed E-state index contributed by atoms with van der Waals surface area (Å²) in [5, 5.41) is 2.87. The molecule has 1 aromatic carbocycles. The molecule has 0 unspecified atom stereocenters. The molecule has 1 aliphatic carbocycles. The molecule has 0 atom stereocenters. The summed E-state index contributed by atoms with van der Waals surface area (Å²) in [6.45, 7) is 0.784. The molecule has 0 spiro atoms. The van der Waals surface area contributed by atoms with Gasteiger partial charge in [-0.15, -0.1) is 0 Å². The molecule has 1 amide bonds. The zero-order chi connectivity index (χ0) is 19.3. The van der Waals surface area contributed by atoms with Crippen molar-refractivity contribution in [1.29, 1.82) is 0 Å². The van der Waals surface area contributed by atoms with Gasteiger partial charge >= 0.3 is 0 Å². The molecule has 2 aromatic heterocycles. The zero-order valence-electron chi connectivity index (χ0n) is 15.8. The second-order valence-corrected chi connectivity index (χ2v) is 7.22. The summed E-state index contributed by atoms with van der Waals surface area (Å²) in [7, 11) is 0. The van der Waals surface area contributed by atoms with Crippen molar-refractivity contribution in [2.24, 2.45) is 0 Å². The maximum Gasteiger partial charge on any atom is 0.253 e. The minimum atomic E-state index is -0.150. The Labute approximate surface area is 163 Å². The fourth-order valence-electron chi connectivity index (χ4n) is 3.74. The smallest absolute Gasteiger partial charge is 0.253 e. The van der Waals surface area contributed by atoms with E-state index in [9.17, 15) is 9.59 Å². The molecule has 6 nitrogen and oxygen atoms in total. The van der Waals surface area contributed by atoms with Crippen LogP contribution < -0.4 is 10.9 Å². The van der Waals surface area contributed by atoms with E-state index in [2.05, 4.69) is 10.3 Å². The van der Waals surface area contributed by atoms with Crippen molar-refractivity contribution in [2.45, 2.75) is 38.1 Å². The fourth-order valence-corrected chi connectivity index (χ4v) is 3.74. The Kier molecular flexibility index (Phi) is 5.37. The van der Waals surface area contributed by atoms with E-state index in [-0.39, 0.29) is 11.5 Å². The average molecular weight is 376 g/mol. The van der Waals surface area contributed by atoms with Crippen molar-refractivity contribution < 1.29 is 4.79 Å². The third-order valence-electron chi connectivity index (χ3n) is 5.34. The van der Waals surface area contributed by atoms with Gasteiger partial charge in [-0.25, -0.2) is 4.98 Å². The van der Waals surface area contributed by atoms with Gasteiger partial charge in [-0.3, -0.25) is 14.2 Å². The maximum atomic E-state index is 12.3. The SMILES string of the molecule is O=C(NCCn1cnc(C2CCCC2)cc1=O)c1ccc(-n2cccc2)cc1. The molecule has 0 aliphatic heterocycles. The quantitative estimate of drug-likeness (QED) is 0.719.